The quantitative estimate of drug-likeness (QED) is 0.699. The van der Waals surface area contributed by atoms with E-state index in [0.29, 0.717) is 12.2 Å². The van der Waals surface area contributed by atoms with Crippen molar-refractivity contribution < 1.29 is 4.79 Å². The highest BCUT2D eigenvalue weighted by atomic mass is 127. The maximum absolute atomic E-state index is 11.8. The first kappa shape index (κ1) is 10.4. The fourth-order valence-corrected chi connectivity index (χ4v) is 1.85. The van der Waals surface area contributed by atoms with E-state index in [0.717, 1.165) is 9.13 Å². The lowest BCUT2D eigenvalue weighted by molar-refractivity contribution is 0.0991. The van der Waals surface area contributed by atoms with E-state index in [4.69, 9.17) is 0 Å². The minimum atomic E-state index is 0.0865. The van der Waals surface area contributed by atoms with E-state index < -0.39 is 0 Å². The summed E-state index contributed by atoms with van der Waals surface area (Å²) in [6.07, 6.45) is 3.70. The fraction of sp³-hybridized carbons (Fsp3) is 0.0909. The van der Waals surface area contributed by atoms with Crippen LogP contribution >= 0.6 is 22.6 Å². The summed E-state index contributed by atoms with van der Waals surface area (Å²) in [5.74, 6) is 0.794. The van der Waals surface area contributed by atoms with Gasteiger partial charge in [-0.1, -0.05) is 12.1 Å². The molecule has 2 aromatic rings. The van der Waals surface area contributed by atoms with Gasteiger partial charge >= 0.3 is 0 Å². The zero-order chi connectivity index (χ0) is 10.7. The largest absolute Gasteiger partial charge is 0.348 e. The molecule has 0 spiro atoms. The summed E-state index contributed by atoms with van der Waals surface area (Å²) in [4.78, 5) is 18.7. The van der Waals surface area contributed by atoms with E-state index in [2.05, 4.69) is 32.6 Å². The second kappa shape index (κ2) is 4.57. The van der Waals surface area contributed by atoms with E-state index in [1.807, 2.05) is 24.3 Å². The summed E-state index contributed by atoms with van der Waals surface area (Å²) >= 11 is 2.19. The van der Waals surface area contributed by atoms with Gasteiger partial charge in [-0.25, -0.2) is 4.98 Å². The number of aromatic amines is 1. The van der Waals surface area contributed by atoms with Crippen LogP contribution in [0.2, 0.25) is 0 Å². The van der Waals surface area contributed by atoms with E-state index in [1.54, 1.807) is 12.4 Å². The number of benzene rings is 1. The van der Waals surface area contributed by atoms with Crippen molar-refractivity contribution >= 4 is 28.4 Å². The van der Waals surface area contributed by atoms with Crippen molar-refractivity contribution in [2.75, 3.05) is 0 Å². The topological polar surface area (TPSA) is 45.8 Å². The number of carbonyl (C=O) groups excluding carboxylic acids is 1. The number of Topliss-reactive ketones (excluding diaryl/α,β-unsaturated/α-hetero) is 1. The molecule has 4 heteroatoms. The lowest BCUT2D eigenvalue weighted by atomic mass is 10.1. The second-order valence-corrected chi connectivity index (χ2v) is 4.39. The van der Waals surface area contributed by atoms with Gasteiger partial charge in [0.05, 0.1) is 6.42 Å². The molecule has 1 aromatic carbocycles. The minimum absolute atomic E-state index is 0.0865. The Morgan fingerprint density at radius 2 is 2.33 bits per heavy atom. The number of H-pyrrole nitrogens is 1. The molecule has 0 aliphatic rings. The Balaban J connectivity index is 2.15. The van der Waals surface area contributed by atoms with Crippen LogP contribution in [0.3, 0.4) is 0 Å². The average Bonchev–Trinajstić information content (AvgIpc) is 2.70. The molecule has 1 N–H and O–H groups in total. The first-order valence-corrected chi connectivity index (χ1v) is 5.60. The molecular weight excluding hydrogens is 303 g/mol. The molecule has 0 atom stereocenters. The first-order chi connectivity index (χ1) is 7.25. The van der Waals surface area contributed by atoms with E-state index in [1.165, 1.54) is 0 Å². The molecule has 0 aliphatic carbocycles. The monoisotopic (exact) mass is 312 g/mol. The van der Waals surface area contributed by atoms with Crippen LogP contribution in [0.25, 0.3) is 0 Å². The van der Waals surface area contributed by atoms with Crippen LogP contribution < -0.4 is 0 Å². The van der Waals surface area contributed by atoms with Crippen LogP contribution in [-0.2, 0) is 6.42 Å². The second-order valence-electron chi connectivity index (χ2n) is 3.15. The molecule has 76 valence electrons. The SMILES string of the molecule is O=C(Cc1ncc[nH]1)c1cccc(I)c1. The molecule has 0 amide bonds. The van der Waals surface area contributed by atoms with Gasteiger partial charge in [0.2, 0.25) is 0 Å². The van der Waals surface area contributed by atoms with Gasteiger partial charge in [-0.2, -0.15) is 0 Å². The maximum atomic E-state index is 11.8. The molecule has 3 nitrogen and oxygen atoms in total. The zero-order valence-corrected chi connectivity index (χ0v) is 10.1. The van der Waals surface area contributed by atoms with Crippen LogP contribution in [0, 0.1) is 3.57 Å². The van der Waals surface area contributed by atoms with Gasteiger partial charge in [-0.3, -0.25) is 4.79 Å². The van der Waals surface area contributed by atoms with Crippen molar-refractivity contribution in [3.63, 3.8) is 0 Å². The Labute approximate surface area is 101 Å². The number of nitrogens with one attached hydrogen (secondary N) is 1. The van der Waals surface area contributed by atoms with Gasteiger partial charge < -0.3 is 4.98 Å². The number of carbonyl (C=O) groups is 1. The Morgan fingerprint density at radius 1 is 1.47 bits per heavy atom. The Hall–Kier alpha value is -1.17. The number of hydrogen-bond acceptors (Lipinski definition) is 2. The van der Waals surface area contributed by atoms with Gasteiger partial charge in [-0.05, 0) is 34.7 Å². The number of nitrogens with zero attached hydrogens (tertiary/aromatic N) is 1. The standard InChI is InChI=1S/C11H9IN2O/c12-9-3-1-2-8(6-9)10(15)7-11-13-4-5-14-11/h1-6H,7H2,(H,13,14). The highest BCUT2D eigenvalue weighted by Crippen LogP contribution is 2.09. The molecule has 0 bridgehead atoms. The number of ketones is 1. The smallest absolute Gasteiger partial charge is 0.170 e. The summed E-state index contributed by atoms with van der Waals surface area (Å²) in [6, 6.07) is 7.56. The van der Waals surface area contributed by atoms with Crippen molar-refractivity contribution in [2.24, 2.45) is 0 Å². The minimum Gasteiger partial charge on any atom is -0.348 e. The third-order valence-electron chi connectivity index (χ3n) is 2.03. The third-order valence-corrected chi connectivity index (χ3v) is 2.70. The zero-order valence-electron chi connectivity index (χ0n) is 7.90. The van der Waals surface area contributed by atoms with Crippen LogP contribution in [0.1, 0.15) is 16.2 Å². The predicted molar refractivity (Wildman–Crippen MR) is 65.8 cm³/mol. The van der Waals surface area contributed by atoms with Gasteiger partial charge in [-0.15, -0.1) is 0 Å². The van der Waals surface area contributed by atoms with Crippen LogP contribution in [0.15, 0.2) is 36.7 Å². The summed E-state index contributed by atoms with van der Waals surface area (Å²) in [7, 11) is 0. The van der Waals surface area contributed by atoms with Gasteiger partial charge in [0.15, 0.2) is 5.78 Å². The first-order valence-electron chi connectivity index (χ1n) is 4.53. The van der Waals surface area contributed by atoms with E-state index in [9.17, 15) is 4.79 Å². The molecule has 0 saturated heterocycles. The van der Waals surface area contributed by atoms with Crippen molar-refractivity contribution in [1.29, 1.82) is 0 Å². The summed E-state index contributed by atoms with van der Waals surface area (Å²) in [5, 5.41) is 0. The summed E-state index contributed by atoms with van der Waals surface area (Å²) in [6.45, 7) is 0. The molecule has 0 saturated carbocycles. The van der Waals surface area contributed by atoms with E-state index >= 15 is 0 Å². The lowest BCUT2D eigenvalue weighted by Crippen LogP contribution is -2.04. The molecule has 1 heterocycles. The Bertz CT molecular complexity index is 465. The summed E-state index contributed by atoms with van der Waals surface area (Å²) in [5.41, 5.74) is 0.735. The molecular formula is C11H9IN2O. The number of halogens is 1. The maximum Gasteiger partial charge on any atom is 0.170 e. The van der Waals surface area contributed by atoms with Gasteiger partial charge in [0.25, 0.3) is 0 Å². The lowest BCUT2D eigenvalue weighted by Gasteiger charge is -1.99. The van der Waals surface area contributed by atoms with Gasteiger partial charge in [0, 0.05) is 21.5 Å². The van der Waals surface area contributed by atoms with Crippen molar-refractivity contribution in [3.8, 4) is 0 Å². The molecule has 0 fully saturated rings. The number of rotatable bonds is 3. The fourth-order valence-electron chi connectivity index (χ4n) is 1.31. The normalized spacial score (nSPS) is 10.2. The van der Waals surface area contributed by atoms with Crippen LogP contribution in [0.4, 0.5) is 0 Å². The number of hydrogen-bond donors (Lipinski definition) is 1. The molecule has 15 heavy (non-hydrogen) atoms. The van der Waals surface area contributed by atoms with Gasteiger partial charge in [0.1, 0.15) is 5.82 Å². The Morgan fingerprint density at radius 3 is 3.00 bits per heavy atom. The highest BCUT2D eigenvalue weighted by Gasteiger charge is 2.08. The van der Waals surface area contributed by atoms with Crippen molar-refractivity contribution in [1.82, 2.24) is 9.97 Å². The number of imidazole rings is 1. The van der Waals surface area contributed by atoms with Crippen molar-refractivity contribution in [3.05, 3.63) is 51.6 Å². The molecule has 0 unspecified atom stereocenters. The van der Waals surface area contributed by atoms with Crippen molar-refractivity contribution in [2.45, 2.75) is 6.42 Å². The van der Waals surface area contributed by atoms with Crippen LogP contribution in [-0.4, -0.2) is 15.8 Å². The third kappa shape index (κ3) is 2.65. The predicted octanol–water partition coefficient (Wildman–Crippen LogP) is 2.44. The van der Waals surface area contributed by atoms with E-state index in [-0.39, 0.29) is 5.78 Å². The molecule has 0 aliphatic heterocycles. The Kier molecular flexibility index (Phi) is 3.15. The summed E-state index contributed by atoms with van der Waals surface area (Å²) < 4.78 is 1.07. The average molecular weight is 312 g/mol. The number of aromatic nitrogens is 2. The molecule has 1 aromatic heterocycles. The molecule has 2 rings (SSSR count). The van der Waals surface area contributed by atoms with Crippen LogP contribution in [0.5, 0.6) is 0 Å². The molecule has 0 radical (unpaired) electrons. The highest BCUT2D eigenvalue weighted by molar-refractivity contribution is 14.1.